The molecule has 5 nitrogen and oxygen atoms in total. The smallest absolute Gasteiger partial charge is 0.247 e. The summed E-state index contributed by atoms with van der Waals surface area (Å²) in [4.78, 5) is 31.9. The molecular formula is C23H27Cl2N3O2. The standard InChI is InChI=1S/C23H27Cl2N3O2/c24-15-21(29)28(14-12-17-7-4-5-11-20(17)25)22(18-8-6-13-26-16-18)23(30)27-19-9-2-1-3-10-19/h4-8,11,13,16,19,22H,1-3,9-10,12,14-15H2,(H,27,30). The normalized spacial score (nSPS) is 15.4. The van der Waals surface area contributed by atoms with E-state index >= 15 is 0 Å². The molecule has 3 rings (SSSR count). The number of halogens is 2. The van der Waals surface area contributed by atoms with E-state index in [1.807, 2.05) is 30.3 Å². The Morgan fingerprint density at radius 2 is 1.90 bits per heavy atom. The minimum atomic E-state index is -0.783. The van der Waals surface area contributed by atoms with Crippen molar-refractivity contribution in [2.24, 2.45) is 0 Å². The van der Waals surface area contributed by atoms with Crippen LogP contribution in [0.5, 0.6) is 0 Å². The molecule has 7 heteroatoms. The van der Waals surface area contributed by atoms with Gasteiger partial charge in [-0.1, -0.05) is 55.1 Å². The fourth-order valence-corrected chi connectivity index (χ4v) is 4.34. The molecule has 160 valence electrons. The van der Waals surface area contributed by atoms with E-state index in [2.05, 4.69) is 10.3 Å². The zero-order valence-electron chi connectivity index (χ0n) is 16.9. The van der Waals surface area contributed by atoms with Crippen molar-refractivity contribution in [3.8, 4) is 0 Å². The van der Waals surface area contributed by atoms with Crippen molar-refractivity contribution < 1.29 is 9.59 Å². The highest BCUT2D eigenvalue weighted by Crippen LogP contribution is 2.25. The lowest BCUT2D eigenvalue weighted by Gasteiger charge is -2.33. The number of hydrogen-bond acceptors (Lipinski definition) is 3. The van der Waals surface area contributed by atoms with Gasteiger partial charge in [0.1, 0.15) is 11.9 Å². The molecule has 1 aromatic carbocycles. The van der Waals surface area contributed by atoms with Crippen LogP contribution in [-0.4, -0.2) is 40.2 Å². The number of rotatable bonds is 8. The van der Waals surface area contributed by atoms with Gasteiger partial charge in [0, 0.05) is 35.6 Å². The average molecular weight is 448 g/mol. The van der Waals surface area contributed by atoms with Crippen LogP contribution in [0.25, 0.3) is 0 Å². The van der Waals surface area contributed by atoms with Crippen molar-refractivity contribution in [1.29, 1.82) is 0 Å². The van der Waals surface area contributed by atoms with Crippen molar-refractivity contribution in [1.82, 2.24) is 15.2 Å². The lowest BCUT2D eigenvalue weighted by atomic mass is 9.94. The number of pyridine rings is 1. The summed E-state index contributed by atoms with van der Waals surface area (Å²) in [7, 11) is 0. The number of hydrogen-bond donors (Lipinski definition) is 1. The fourth-order valence-electron chi connectivity index (χ4n) is 3.95. The molecule has 1 saturated carbocycles. The van der Waals surface area contributed by atoms with Gasteiger partial charge in [-0.05, 0) is 37.0 Å². The Labute approximate surface area is 187 Å². The molecule has 1 aliphatic rings. The molecule has 0 bridgehead atoms. The van der Waals surface area contributed by atoms with Crippen LogP contribution < -0.4 is 5.32 Å². The zero-order valence-corrected chi connectivity index (χ0v) is 18.4. The van der Waals surface area contributed by atoms with Crippen molar-refractivity contribution in [3.05, 3.63) is 64.9 Å². The van der Waals surface area contributed by atoms with E-state index in [1.165, 1.54) is 6.42 Å². The maximum absolute atomic E-state index is 13.4. The van der Waals surface area contributed by atoms with Gasteiger partial charge in [-0.15, -0.1) is 11.6 Å². The second kappa shape index (κ2) is 11.3. The Bertz CT molecular complexity index is 841. The summed E-state index contributed by atoms with van der Waals surface area (Å²) in [5.41, 5.74) is 1.59. The first kappa shape index (κ1) is 22.6. The van der Waals surface area contributed by atoms with Gasteiger partial charge in [-0.25, -0.2) is 0 Å². The maximum Gasteiger partial charge on any atom is 0.247 e. The van der Waals surface area contributed by atoms with Crippen LogP contribution >= 0.6 is 23.2 Å². The largest absolute Gasteiger partial charge is 0.351 e. The van der Waals surface area contributed by atoms with E-state index in [0.29, 0.717) is 23.6 Å². The van der Waals surface area contributed by atoms with Crippen LogP contribution in [-0.2, 0) is 16.0 Å². The molecule has 1 heterocycles. The molecule has 1 unspecified atom stereocenters. The highest BCUT2D eigenvalue weighted by atomic mass is 35.5. The summed E-state index contributed by atoms with van der Waals surface area (Å²) < 4.78 is 0. The van der Waals surface area contributed by atoms with Gasteiger partial charge in [-0.2, -0.15) is 0 Å². The van der Waals surface area contributed by atoms with Crippen LogP contribution in [0.1, 0.15) is 49.3 Å². The second-order valence-electron chi connectivity index (χ2n) is 7.59. The van der Waals surface area contributed by atoms with Gasteiger partial charge in [0.05, 0.1) is 0 Å². The number of nitrogens with one attached hydrogen (secondary N) is 1. The third-order valence-electron chi connectivity index (χ3n) is 5.53. The molecule has 1 N–H and O–H groups in total. The van der Waals surface area contributed by atoms with E-state index in [0.717, 1.165) is 31.2 Å². The van der Waals surface area contributed by atoms with Crippen molar-refractivity contribution >= 4 is 35.0 Å². The summed E-state index contributed by atoms with van der Waals surface area (Å²) in [6.45, 7) is 0.326. The van der Waals surface area contributed by atoms with Gasteiger partial charge < -0.3 is 10.2 Å². The summed E-state index contributed by atoms with van der Waals surface area (Å²) in [5, 5.41) is 3.80. The lowest BCUT2D eigenvalue weighted by molar-refractivity contribution is -0.139. The third kappa shape index (κ3) is 5.96. The van der Waals surface area contributed by atoms with E-state index in [-0.39, 0.29) is 23.7 Å². The van der Waals surface area contributed by atoms with Gasteiger partial charge in [0.2, 0.25) is 11.8 Å². The van der Waals surface area contributed by atoms with Gasteiger partial charge in [-0.3, -0.25) is 14.6 Å². The first-order valence-electron chi connectivity index (χ1n) is 10.4. The number of nitrogens with zero attached hydrogens (tertiary/aromatic N) is 2. The van der Waals surface area contributed by atoms with E-state index < -0.39 is 6.04 Å². The number of carbonyl (C=O) groups excluding carboxylic acids is 2. The van der Waals surface area contributed by atoms with Crippen LogP contribution in [0.3, 0.4) is 0 Å². The number of alkyl halides is 1. The van der Waals surface area contributed by atoms with Gasteiger partial charge >= 0.3 is 0 Å². The summed E-state index contributed by atoms with van der Waals surface area (Å²) in [6.07, 6.45) is 9.16. The number of aromatic nitrogens is 1. The maximum atomic E-state index is 13.4. The molecule has 1 fully saturated rings. The topological polar surface area (TPSA) is 62.3 Å². The highest BCUT2D eigenvalue weighted by molar-refractivity contribution is 6.31. The molecule has 1 atom stereocenters. The Balaban J connectivity index is 1.85. The quantitative estimate of drug-likeness (QED) is 0.604. The molecule has 0 spiro atoms. The molecular weight excluding hydrogens is 421 g/mol. The van der Waals surface area contributed by atoms with E-state index in [1.54, 1.807) is 23.4 Å². The van der Waals surface area contributed by atoms with Crippen molar-refractivity contribution in [3.63, 3.8) is 0 Å². The van der Waals surface area contributed by atoms with Crippen LogP contribution in [0.4, 0.5) is 0 Å². The molecule has 0 aliphatic heterocycles. The SMILES string of the molecule is O=C(NC1CCCCC1)C(c1cccnc1)N(CCc1ccccc1Cl)C(=O)CCl. The minimum Gasteiger partial charge on any atom is -0.351 e. The molecule has 1 aliphatic carbocycles. The van der Waals surface area contributed by atoms with Gasteiger partial charge in [0.15, 0.2) is 0 Å². The third-order valence-corrected chi connectivity index (χ3v) is 6.12. The molecule has 1 aromatic heterocycles. The number of carbonyl (C=O) groups is 2. The molecule has 2 amide bonds. The predicted molar refractivity (Wildman–Crippen MR) is 120 cm³/mol. The first-order chi connectivity index (χ1) is 14.6. The Morgan fingerprint density at radius 1 is 1.13 bits per heavy atom. The van der Waals surface area contributed by atoms with Crippen LogP contribution in [0.2, 0.25) is 5.02 Å². The monoisotopic (exact) mass is 447 g/mol. The highest BCUT2D eigenvalue weighted by Gasteiger charge is 2.32. The Kier molecular flexibility index (Phi) is 8.52. The van der Waals surface area contributed by atoms with E-state index in [9.17, 15) is 9.59 Å². The Hall–Kier alpha value is -2.11. The predicted octanol–water partition coefficient (Wildman–Crippen LogP) is 4.54. The van der Waals surface area contributed by atoms with Crippen LogP contribution in [0, 0.1) is 0 Å². The van der Waals surface area contributed by atoms with Crippen molar-refractivity contribution in [2.45, 2.75) is 50.6 Å². The van der Waals surface area contributed by atoms with Crippen molar-refractivity contribution in [2.75, 3.05) is 12.4 Å². The number of amides is 2. The second-order valence-corrected chi connectivity index (χ2v) is 8.27. The van der Waals surface area contributed by atoms with Crippen LogP contribution in [0.15, 0.2) is 48.8 Å². The summed E-state index contributed by atoms with van der Waals surface area (Å²) >= 11 is 12.2. The average Bonchev–Trinajstić information content (AvgIpc) is 2.78. The molecule has 0 radical (unpaired) electrons. The number of benzene rings is 1. The fraction of sp³-hybridized carbons (Fsp3) is 0.435. The minimum absolute atomic E-state index is 0.141. The molecule has 2 aromatic rings. The lowest BCUT2D eigenvalue weighted by Crippen LogP contribution is -2.48. The molecule has 0 saturated heterocycles. The summed E-state index contributed by atoms with van der Waals surface area (Å²) in [6, 6.07) is 10.5. The Morgan fingerprint density at radius 3 is 2.57 bits per heavy atom. The molecule has 30 heavy (non-hydrogen) atoms. The van der Waals surface area contributed by atoms with E-state index in [4.69, 9.17) is 23.2 Å². The summed E-state index contributed by atoms with van der Waals surface area (Å²) in [5.74, 6) is -0.681. The zero-order chi connectivity index (χ0) is 21.3. The first-order valence-corrected chi connectivity index (χ1v) is 11.3. The van der Waals surface area contributed by atoms with Gasteiger partial charge in [0.25, 0.3) is 0 Å².